The smallest absolute Gasteiger partial charge is 0.372 e. The molecule has 4 nitrogen and oxygen atoms in total. The first kappa shape index (κ1) is 14.2. The number of hydrogen-bond acceptors (Lipinski definition) is 4. The molecule has 5 heteroatoms. The summed E-state index contributed by atoms with van der Waals surface area (Å²) in [7, 11) is 0. The summed E-state index contributed by atoms with van der Waals surface area (Å²) in [5.74, 6) is 0. The Labute approximate surface area is 129 Å². The van der Waals surface area contributed by atoms with Gasteiger partial charge < -0.3 is 4.90 Å². The third-order valence-corrected chi connectivity index (χ3v) is 4.67. The number of azo groups is 1. The first-order valence-corrected chi connectivity index (χ1v) is 8.34. The van der Waals surface area contributed by atoms with Crippen LogP contribution in [0.4, 0.5) is 16.5 Å². The van der Waals surface area contributed by atoms with Gasteiger partial charge in [-0.3, -0.25) is 0 Å². The highest BCUT2D eigenvalue weighted by atomic mass is 32.1. The molecule has 0 N–H and O–H groups in total. The molecule has 0 atom stereocenters. The van der Waals surface area contributed by atoms with Crippen LogP contribution in [-0.2, 0) is 6.54 Å². The van der Waals surface area contributed by atoms with Crippen LogP contribution < -0.4 is 9.47 Å². The monoisotopic (exact) mass is 301 g/mol. The first-order valence-electron chi connectivity index (χ1n) is 7.53. The normalized spacial score (nSPS) is 15.2. The Balaban J connectivity index is 1.73. The summed E-state index contributed by atoms with van der Waals surface area (Å²) in [4.78, 5) is 3.68. The fourth-order valence-electron chi connectivity index (χ4n) is 2.61. The van der Waals surface area contributed by atoms with Crippen LogP contribution in [-0.4, -0.2) is 13.1 Å². The highest BCUT2D eigenvalue weighted by molar-refractivity contribution is 7.14. The predicted octanol–water partition coefficient (Wildman–Crippen LogP) is 4.38. The van der Waals surface area contributed by atoms with E-state index in [0.717, 1.165) is 17.4 Å². The van der Waals surface area contributed by atoms with Gasteiger partial charge in [0, 0.05) is 23.7 Å². The Hall–Kier alpha value is -1.75. The number of aromatic nitrogens is 1. The van der Waals surface area contributed by atoms with E-state index in [-0.39, 0.29) is 0 Å². The maximum atomic E-state index is 4.39. The van der Waals surface area contributed by atoms with Gasteiger partial charge in [0.2, 0.25) is 0 Å². The van der Waals surface area contributed by atoms with Gasteiger partial charge in [0.25, 0.3) is 0 Å². The molecule has 0 amide bonds. The van der Waals surface area contributed by atoms with Crippen LogP contribution in [0.5, 0.6) is 0 Å². The van der Waals surface area contributed by atoms with Crippen LogP contribution in [0.1, 0.15) is 24.6 Å². The third kappa shape index (κ3) is 3.29. The third-order valence-electron chi connectivity index (χ3n) is 3.75. The van der Waals surface area contributed by atoms with E-state index in [9.17, 15) is 0 Å². The van der Waals surface area contributed by atoms with Gasteiger partial charge in [-0.15, -0.1) is 0 Å². The molecule has 21 heavy (non-hydrogen) atoms. The average Bonchev–Trinajstić information content (AvgIpc) is 3.15. The minimum Gasteiger partial charge on any atom is -0.372 e. The second-order valence-corrected chi connectivity index (χ2v) is 6.53. The van der Waals surface area contributed by atoms with Crippen LogP contribution in [0.15, 0.2) is 40.7 Å². The summed E-state index contributed by atoms with van der Waals surface area (Å²) in [5.41, 5.74) is 2.20. The van der Waals surface area contributed by atoms with E-state index < -0.39 is 0 Å². The molecule has 1 aliphatic heterocycles. The Bertz CT molecular complexity index is 624. The van der Waals surface area contributed by atoms with Crippen LogP contribution in [0, 0.1) is 6.92 Å². The molecule has 0 aliphatic carbocycles. The van der Waals surface area contributed by atoms with Crippen molar-refractivity contribution in [1.82, 2.24) is 0 Å². The van der Waals surface area contributed by atoms with E-state index in [0.29, 0.717) is 0 Å². The van der Waals surface area contributed by atoms with Crippen LogP contribution in [0.2, 0.25) is 0 Å². The van der Waals surface area contributed by atoms with Gasteiger partial charge in [-0.05, 0) is 67.4 Å². The molecule has 0 bridgehead atoms. The van der Waals surface area contributed by atoms with Crippen molar-refractivity contribution in [2.24, 2.45) is 10.2 Å². The van der Waals surface area contributed by atoms with Crippen molar-refractivity contribution in [3.05, 3.63) is 35.3 Å². The Morgan fingerprint density at radius 2 is 1.86 bits per heavy atom. The highest BCUT2D eigenvalue weighted by Crippen LogP contribution is 2.25. The zero-order valence-electron chi connectivity index (χ0n) is 12.6. The van der Waals surface area contributed by atoms with E-state index in [1.165, 1.54) is 36.5 Å². The molecule has 3 rings (SSSR count). The molecule has 1 aromatic carbocycles. The van der Waals surface area contributed by atoms with Crippen molar-refractivity contribution in [3.8, 4) is 0 Å². The fourth-order valence-corrected chi connectivity index (χ4v) is 3.46. The number of benzene rings is 1. The van der Waals surface area contributed by atoms with Crippen molar-refractivity contribution >= 4 is 27.8 Å². The Morgan fingerprint density at radius 3 is 2.52 bits per heavy atom. The van der Waals surface area contributed by atoms with Crippen molar-refractivity contribution in [2.75, 3.05) is 18.0 Å². The van der Waals surface area contributed by atoms with Gasteiger partial charge in [-0.25, -0.2) is 4.57 Å². The largest absolute Gasteiger partial charge is 0.408 e. The van der Waals surface area contributed by atoms with Crippen LogP contribution >= 0.6 is 11.3 Å². The van der Waals surface area contributed by atoms with Gasteiger partial charge in [-0.2, -0.15) is 0 Å². The van der Waals surface area contributed by atoms with E-state index in [2.05, 4.69) is 51.9 Å². The molecule has 1 fully saturated rings. The van der Waals surface area contributed by atoms with Crippen molar-refractivity contribution in [1.29, 1.82) is 0 Å². The lowest BCUT2D eigenvalue weighted by atomic mass is 10.2. The molecule has 110 valence electrons. The lowest BCUT2D eigenvalue weighted by Gasteiger charge is -2.16. The molecule has 0 radical (unpaired) electrons. The average molecular weight is 301 g/mol. The summed E-state index contributed by atoms with van der Waals surface area (Å²) in [6, 6.07) is 8.39. The second-order valence-electron chi connectivity index (χ2n) is 5.32. The van der Waals surface area contributed by atoms with Gasteiger partial charge >= 0.3 is 5.13 Å². The van der Waals surface area contributed by atoms with E-state index >= 15 is 0 Å². The van der Waals surface area contributed by atoms with E-state index in [1.54, 1.807) is 11.3 Å². The van der Waals surface area contributed by atoms with Crippen molar-refractivity contribution in [2.45, 2.75) is 33.2 Å². The first-order chi connectivity index (χ1) is 10.3. The fraction of sp³-hybridized carbons (Fsp3) is 0.438. The van der Waals surface area contributed by atoms with E-state index in [4.69, 9.17) is 0 Å². The van der Waals surface area contributed by atoms with Gasteiger partial charge in [-0.1, -0.05) is 0 Å². The predicted molar refractivity (Wildman–Crippen MR) is 87.0 cm³/mol. The molecule has 1 aliphatic rings. The van der Waals surface area contributed by atoms with Gasteiger partial charge in [0.15, 0.2) is 0 Å². The SMILES string of the molecule is CC[n+]1cc(C)sc1/N=N/c1ccc(N2CCCC2)cc1. The maximum absolute atomic E-state index is 4.39. The molecular weight excluding hydrogens is 280 g/mol. The number of rotatable bonds is 4. The number of anilines is 1. The molecule has 0 unspecified atom stereocenters. The number of aryl methyl sites for hydroxylation is 2. The summed E-state index contributed by atoms with van der Waals surface area (Å²) in [6.07, 6.45) is 4.72. The summed E-state index contributed by atoms with van der Waals surface area (Å²) in [5, 5.41) is 9.71. The van der Waals surface area contributed by atoms with Gasteiger partial charge in [0.05, 0.1) is 11.7 Å². The zero-order chi connectivity index (χ0) is 14.7. The number of thiazole rings is 1. The molecule has 1 aromatic heterocycles. The lowest BCUT2D eigenvalue weighted by Crippen LogP contribution is -2.28. The molecule has 2 heterocycles. The minimum absolute atomic E-state index is 0.909. The summed E-state index contributed by atoms with van der Waals surface area (Å²) in [6.45, 7) is 7.49. The molecule has 0 saturated carbocycles. The lowest BCUT2D eigenvalue weighted by molar-refractivity contribution is -0.677. The number of hydrogen-bond donors (Lipinski definition) is 0. The molecule has 1 saturated heterocycles. The quantitative estimate of drug-likeness (QED) is 0.609. The number of nitrogens with zero attached hydrogens (tertiary/aromatic N) is 4. The molecular formula is C16H21N4S+. The van der Waals surface area contributed by atoms with Crippen molar-refractivity contribution in [3.63, 3.8) is 0 Å². The highest BCUT2D eigenvalue weighted by Gasteiger charge is 2.14. The Morgan fingerprint density at radius 1 is 1.14 bits per heavy atom. The maximum Gasteiger partial charge on any atom is 0.408 e. The summed E-state index contributed by atoms with van der Waals surface area (Å²) < 4.78 is 2.13. The second kappa shape index (κ2) is 6.35. The molecule has 0 spiro atoms. The van der Waals surface area contributed by atoms with Crippen LogP contribution in [0.25, 0.3) is 0 Å². The topological polar surface area (TPSA) is 31.8 Å². The Kier molecular flexibility index (Phi) is 4.29. The van der Waals surface area contributed by atoms with Gasteiger partial charge in [0.1, 0.15) is 11.9 Å². The standard InChI is InChI=1S/C16H21N4S/c1-3-19-12-13(2)21-16(19)18-17-14-6-8-15(9-7-14)20-10-4-5-11-20/h6-9,12H,3-5,10-11H2,1-2H3/q+1. The summed E-state index contributed by atoms with van der Waals surface area (Å²) >= 11 is 1.68. The zero-order valence-corrected chi connectivity index (χ0v) is 13.4. The minimum atomic E-state index is 0.909. The van der Waals surface area contributed by atoms with Crippen molar-refractivity contribution < 1.29 is 4.57 Å². The molecule has 2 aromatic rings. The van der Waals surface area contributed by atoms with Crippen LogP contribution in [0.3, 0.4) is 0 Å². The van der Waals surface area contributed by atoms with E-state index in [1.807, 2.05) is 12.1 Å².